The van der Waals surface area contributed by atoms with Gasteiger partial charge in [0.25, 0.3) is 0 Å². The van der Waals surface area contributed by atoms with E-state index in [1.807, 2.05) is 32.0 Å². The number of aryl methyl sites for hydroxylation is 1. The minimum Gasteiger partial charge on any atom is -0.496 e. The Morgan fingerprint density at radius 3 is 2.53 bits per heavy atom. The van der Waals surface area contributed by atoms with Crippen molar-refractivity contribution in [2.24, 2.45) is 0 Å². The lowest BCUT2D eigenvalue weighted by molar-refractivity contribution is -0.142. The van der Waals surface area contributed by atoms with Gasteiger partial charge >= 0.3 is 5.97 Å². The number of carbonyl (C=O) groups excluding carboxylic acids is 1. The molecule has 1 unspecified atom stereocenters. The molecule has 0 radical (unpaired) electrons. The Hall–Kier alpha value is -1.51. The highest BCUT2D eigenvalue weighted by Gasteiger charge is 2.19. The Balaban J connectivity index is 3.10. The van der Waals surface area contributed by atoms with Gasteiger partial charge in [0.15, 0.2) is 0 Å². The van der Waals surface area contributed by atoms with Crippen LogP contribution in [0.1, 0.15) is 24.0 Å². The van der Waals surface area contributed by atoms with Crippen LogP contribution in [0.4, 0.5) is 0 Å². The van der Waals surface area contributed by atoms with Crippen molar-refractivity contribution in [1.29, 1.82) is 0 Å². The van der Waals surface area contributed by atoms with Crippen molar-refractivity contribution in [2.75, 3.05) is 14.2 Å². The van der Waals surface area contributed by atoms with Gasteiger partial charge < -0.3 is 9.47 Å². The van der Waals surface area contributed by atoms with E-state index >= 15 is 0 Å². The maximum absolute atomic E-state index is 11.4. The lowest BCUT2D eigenvalue weighted by Crippen LogP contribution is -2.12. The molecule has 15 heavy (non-hydrogen) atoms. The normalized spacial score (nSPS) is 12.0. The van der Waals surface area contributed by atoms with Crippen molar-refractivity contribution >= 4 is 5.97 Å². The largest absolute Gasteiger partial charge is 0.496 e. The molecule has 0 fully saturated rings. The Labute approximate surface area is 90.0 Å². The van der Waals surface area contributed by atoms with E-state index in [1.54, 1.807) is 7.11 Å². The lowest BCUT2D eigenvalue weighted by Gasteiger charge is -2.14. The van der Waals surface area contributed by atoms with Crippen LogP contribution in [0.25, 0.3) is 0 Å². The summed E-state index contributed by atoms with van der Waals surface area (Å²) in [5.74, 6) is 0.169. The van der Waals surface area contributed by atoms with Crippen LogP contribution in [-0.4, -0.2) is 20.2 Å². The summed E-state index contributed by atoms with van der Waals surface area (Å²) in [7, 11) is 2.99. The van der Waals surface area contributed by atoms with E-state index in [9.17, 15) is 4.79 Å². The summed E-state index contributed by atoms with van der Waals surface area (Å²) < 4.78 is 9.92. The lowest BCUT2D eigenvalue weighted by atomic mass is 9.98. The monoisotopic (exact) mass is 208 g/mol. The Morgan fingerprint density at radius 1 is 1.33 bits per heavy atom. The first-order valence-electron chi connectivity index (χ1n) is 4.82. The number of esters is 1. The van der Waals surface area contributed by atoms with Crippen LogP contribution >= 0.6 is 0 Å². The number of hydrogen-bond donors (Lipinski definition) is 0. The topological polar surface area (TPSA) is 35.5 Å². The van der Waals surface area contributed by atoms with Crippen molar-refractivity contribution < 1.29 is 14.3 Å². The molecule has 82 valence electrons. The minimum absolute atomic E-state index is 0.251. The summed E-state index contributed by atoms with van der Waals surface area (Å²) in [5, 5.41) is 0. The smallest absolute Gasteiger partial charge is 0.312 e. The predicted molar refractivity (Wildman–Crippen MR) is 58.2 cm³/mol. The SMILES string of the molecule is COC(=O)C(C)c1cc(C)ccc1OC. The van der Waals surface area contributed by atoms with E-state index in [4.69, 9.17) is 9.47 Å². The summed E-state index contributed by atoms with van der Waals surface area (Å²) in [4.78, 5) is 11.4. The first-order valence-corrected chi connectivity index (χ1v) is 4.82. The third kappa shape index (κ3) is 2.49. The summed E-state index contributed by atoms with van der Waals surface area (Å²) in [6.45, 7) is 3.79. The van der Waals surface area contributed by atoms with E-state index in [-0.39, 0.29) is 11.9 Å². The van der Waals surface area contributed by atoms with Crippen LogP contribution in [0.5, 0.6) is 5.75 Å². The van der Waals surface area contributed by atoms with E-state index < -0.39 is 0 Å². The molecule has 0 aliphatic rings. The number of ether oxygens (including phenoxy) is 2. The quantitative estimate of drug-likeness (QED) is 0.715. The maximum atomic E-state index is 11.4. The van der Waals surface area contributed by atoms with Gasteiger partial charge in [-0.25, -0.2) is 0 Å². The van der Waals surface area contributed by atoms with E-state index in [0.717, 1.165) is 16.9 Å². The molecule has 0 saturated carbocycles. The van der Waals surface area contributed by atoms with Crippen LogP contribution in [0.15, 0.2) is 18.2 Å². The highest BCUT2D eigenvalue weighted by Crippen LogP contribution is 2.28. The molecule has 1 aromatic carbocycles. The number of rotatable bonds is 3. The molecule has 0 bridgehead atoms. The third-order valence-corrected chi connectivity index (χ3v) is 2.41. The van der Waals surface area contributed by atoms with E-state index in [1.165, 1.54) is 7.11 Å². The molecule has 0 spiro atoms. The van der Waals surface area contributed by atoms with Crippen molar-refractivity contribution in [3.63, 3.8) is 0 Å². The van der Waals surface area contributed by atoms with Gasteiger partial charge in [0, 0.05) is 5.56 Å². The fraction of sp³-hybridized carbons (Fsp3) is 0.417. The molecule has 0 aliphatic heterocycles. The van der Waals surface area contributed by atoms with Crippen LogP contribution in [0, 0.1) is 6.92 Å². The number of benzene rings is 1. The molecule has 0 amide bonds. The van der Waals surface area contributed by atoms with Gasteiger partial charge in [-0.3, -0.25) is 4.79 Å². The van der Waals surface area contributed by atoms with Gasteiger partial charge in [0.2, 0.25) is 0 Å². The molecule has 0 aliphatic carbocycles. The van der Waals surface area contributed by atoms with Gasteiger partial charge in [-0.05, 0) is 19.9 Å². The van der Waals surface area contributed by atoms with Crippen LogP contribution < -0.4 is 4.74 Å². The van der Waals surface area contributed by atoms with Gasteiger partial charge in [0.05, 0.1) is 20.1 Å². The highest BCUT2D eigenvalue weighted by molar-refractivity contribution is 5.78. The van der Waals surface area contributed by atoms with Gasteiger partial charge in [-0.15, -0.1) is 0 Å². The summed E-state index contributed by atoms with van der Waals surface area (Å²) in [6, 6.07) is 5.76. The zero-order valence-corrected chi connectivity index (χ0v) is 9.53. The second-order valence-electron chi connectivity index (χ2n) is 3.49. The average Bonchev–Trinajstić information content (AvgIpc) is 2.27. The standard InChI is InChI=1S/C12H16O3/c1-8-5-6-11(14-3)10(7-8)9(2)12(13)15-4/h5-7,9H,1-4H3. The Bertz CT molecular complexity index is 358. The molecule has 0 saturated heterocycles. The molecular formula is C12H16O3. The zero-order valence-electron chi connectivity index (χ0n) is 9.53. The molecular weight excluding hydrogens is 192 g/mol. The average molecular weight is 208 g/mol. The van der Waals surface area contributed by atoms with Gasteiger partial charge in [-0.1, -0.05) is 17.7 Å². The van der Waals surface area contributed by atoms with Crippen molar-refractivity contribution in [1.82, 2.24) is 0 Å². The second kappa shape index (κ2) is 4.82. The maximum Gasteiger partial charge on any atom is 0.312 e. The van der Waals surface area contributed by atoms with E-state index in [0.29, 0.717) is 0 Å². The fourth-order valence-corrected chi connectivity index (χ4v) is 1.50. The molecule has 0 N–H and O–H groups in total. The van der Waals surface area contributed by atoms with Gasteiger partial charge in [-0.2, -0.15) is 0 Å². The molecule has 1 aromatic rings. The molecule has 0 aromatic heterocycles. The summed E-state index contributed by atoms with van der Waals surface area (Å²) in [6.07, 6.45) is 0. The fourth-order valence-electron chi connectivity index (χ4n) is 1.50. The molecule has 1 atom stereocenters. The summed E-state index contributed by atoms with van der Waals surface area (Å²) in [5.41, 5.74) is 1.96. The minimum atomic E-state index is -0.301. The number of hydrogen-bond acceptors (Lipinski definition) is 3. The van der Waals surface area contributed by atoms with Crippen molar-refractivity contribution in [3.8, 4) is 5.75 Å². The van der Waals surface area contributed by atoms with Gasteiger partial charge in [0.1, 0.15) is 5.75 Å². The van der Waals surface area contributed by atoms with E-state index in [2.05, 4.69) is 0 Å². The van der Waals surface area contributed by atoms with Crippen LogP contribution in [0.2, 0.25) is 0 Å². The molecule has 0 heterocycles. The van der Waals surface area contributed by atoms with Crippen molar-refractivity contribution in [2.45, 2.75) is 19.8 Å². The Kier molecular flexibility index (Phi) is 3.72. The molecule has 3 nitrogen and oxygen atoms in total. The highest BCUT2D eigenvalue weighted by atomic mass is 16.5. The molecule has 3 heteroatoms. The van der Waals surface area contributed by atoms with Crippen LogP contribution in [-0.2, 0) is 9.53 Å². The Morgan fingerprint density at radius 2 is 2.00 bits per heavy atom. The summed E-state index contributed by atoms with van der Waals surface area (Å²) >= 11 is 0. The zero-order chi connectivity index (χ0) is 11.4. The second-order valence-corrected chi connectivity index (χ2v) is 3.49. The predicted octanol–water partition coefficient (Wildman–Crippen LogP) is 2.28. The number of carbonyl (C=O) groups is 1. The third-order valence-electron chi connectivity index (χ3n) is 2.41. The first kappa shape index (κ1) is 11.6. The molecule has 1 rings (SSSR count). The van der Waals surface area contributed by atoms with Crippen molar-refractivity contribution in [3.05, 3.63) is 29.3 Å². The van der Waals surface area contributed by atoms with Crippen LogP contribution in [0.3, 0.4) is 0 Å². The first-order chi connectivity index (χ1) is 7.10. The number of methoxy groups -OCH3 is 2.